The number of rotatable bonds is 5. The molecule has 0 aliphatic heterocycles. The third-order valence-electron chi connectivity index (χ3n) is 2.93. The Morgan fingerprint density at radius 1 is 1.35 bits per heavy atom. The van der Waals surface area contributed by atoms with Crippen LogP contribution in [0.4, 0.5) is 11.4 Å². The highest BCUT2D eigenvalue weighted by molar-refractivity contribution is 6.07. The molecule has 0 aliphatic rings. The van der Waals surface area contributed by atoms with Crippen molar-refractivity contribution in [3.8, 4) is 0 Å². The number of hydrogen-bond acceptors (Lipinski definition) is 3. The highest BCUT2D eigenvalue weighted by Gasteiger charge is 2.12. The first-order valence-electron chi connectivity index (χ1n) is 6.80. The summed E-state index contributed by atoms with van der Waals surface area (Å²) in [6, 6.07) is 7.74. The minimum absolute atomic E-state index is 0.134. The van der Waals surface area contributed by atoms with Gasteiger partial charge >= 0.3 is 0 Å². The van der Waals surface area contributed by atoms with Crippen LogP contribution in [0.2, 0.25) is 0 Å². The zero-order valence-corrected chi connectivity index (χ0v) is 12.1. The fourth-order valence-corrected chi connectivity index (χ4v) is 1.91. The molecule has 1 aromatic heterocycles. The summed E-state index contributed by atoms with van der Waals surface area (Å²) in [5.74, 6) is -0.134. The Kier molecular flexibility index (Phi) is 4.40. The van der Waals surface area contributed by atoms with Crippen LogP contribution in [0.15, 0.2) is 36.7 Å². The van der Waals surface area contributed by atoms with E-state index in [2.05, 4.69) is 15.7 Å². The van der Waals surface area contributed by atoms with Crippen LogP contribution in [0.5, 0.6) is 0 Å². The third-order valence-corrected chi connectivity index (χ3v) is 2.93. The van der Waals surface area contributed by atoms with Crippen molar-refractivity contribution in [2.75, 3.05) is 17.2 Å². The fraction of sp³-hybridized carbons (Fsp3) is 0.333. The zero-order valence-electron chi connectivity index (χ0n) is 12.1. The molecule has 106 valence electrons. The van der Waals surface area contributed by atoms with Crippen molar-refractivity contribution >= 4 is 17.3 Å². The Labute approximate surface area is 119 Å². The summed E-state index contributed by atoms with van der Waals surface area (Å²) in [6.07, 6.45) is 3.49. The van der Waals surface area contributed by atoms with Crippen LogP contribution in [-0.2, 0) is 0 Å². The predicted octanol–water partition coefficient (Wildman–Crippen LogP) is 3.15. The smallest absolute Gasteiger partial charge is 0.257 e. The monoisotopic (exact) mass is 272 g/mol. The summed E-state index contributed by atoms with van der Waals surface area (Å²) in [4.78, 5) is 12.3. The number of para-hydroxylation sites is 1. The molecule has 5 heteroatoms. The SMILES string of the molecule is CCNc1ccccc1C(=O)Nc1cnn(C(C)C)c1. The van der Waals surface area contributed by atoms with Crippen molar-refractivity contribution in [1.82, 2.24) is 9.78 Å². The van der Waals surface area contributed by atoms with Gasteiger partial charge in [0.05, 0.1) is 17.4 Å². The predicted molar refractivity (Wildman–Crippen MR) is 81.2 cm³/mol. The Bertz CT molecular complexity index is 589. The van der Waals surface area contributed by atoms with Crippen LogP contribution in [-0.4, -0.2) is 22.2 Å². The topological polar surface area (TPSA) is 59.0 Å². The number of anilines is 2. The van der Waals surface area contributed by atoms with Gasteiger partial charge in [-0.25, -0.2) is 0 Å². The van der Waals surface area contributed by atoms with E-state index < -0.39 is 0 Å². The Balaban J connectivity index is 2.15. The highest BCUT2D eigenvalue weighted by Crippen LogP contribution is 2.17. The number of amides is 1. The molecule has 1 amide bonds. The van der Waals surface area contributed by atoms with E-state index in [1.807, 2.05) is 49.8 Å². The maximum absolute atomic E-state index is 12.3. The Morgan fingerprint density at radius 3 is 2.75 bits per heavy atom. The minimum Gasteiger partial charge on any atom is -0.385 e. The molecule has 0 saturated heterocycles. The molecule has 0 spiro atoms. The first-order valence-corrected chi connectivity index (χ1v) is 6.80. The summed E-state index contributed by atoms with van der Waals surface area (Å²) >= 11 is 0. The second kappa shape index (κ2) is 6.23. The van der Waals surface area contributed by atoms with Crippen molar-refractivity contribution in [3.05, 3.63) is 42.2 Å². The van der Waals surface area contributed by atoms with E-state index in [4.69, 9.17) is 0 Å². The van der Waals surface area contributed by atoms with E-state index in [-0.39, 0.29) is 11.9 Å². The lowest BCUT2D eigenvalue weighted by atomic mass is 10.1. The number of benzene rings is 1. The lowest BCUT2D eigenvalue weighted by Gasteiger charge is -2.10. The number of nitrogens with zero attached hydrogens (tertiary/aromatic N) is 2. The Morgan fingerprint density at radius 2 is 2.10 bits per heavy atom. The number of carbonyl (C=O) groups excluding carboxylic acids is 1. The maximum Gasteiger partial charge on any atom is 0.257 e. The van der Waals surface area contributed by atoms with Crippen LogP contribution in [0.3, 0.4) is 0 Å². The number of nitrogens with one attached hydrogen (secondary N) is 2. The lowest BCUT2D eigenvalue weighted by Crippen LogP contribution is -2.14. The van der Waals surface area contributed by atoms with Crippen LogP contribution in [0, 0.1) is 0 Å². The molecule has 0 aliphatic carbocycles. The van der Waals surface area contributed by atoms with Crippen molar-refractivity contribution in [1.29, 1.82) is 0 Å². The molecule has 0 fully saturated rings. The summed E-state index contributed by atoms with van der Waals surface area (Å²) in [6.45, 7) is 6.86. The van der Waals surface area contributed by atoms with Gasteiger partial charge in [0.25, 0.3) is 5.91 Å². The van der Waals surface area contributed by atoms with E-state index in [0.717, 1.165) is 12.2 Å². The van der Waals surface area contributed by atoms with Crippen molar-refractivity contribution < 1.29 is 4.79 Å². The van der Waals surface area contributed by atoms with Gasteiger partial charge in [0.15, 0.2) is 0 Å². The van der Waals surface area contributed by atoms with Crippen LogP contribution < -0.4 is 10.6 Å². The maximum atomic E-state index is 12.3. The number of aromatic nitrogens is 2. The summed E-state index contributed by atoms with van der Waals surface area (Å²) in [5, 5.41) is 10.3. The molecular formula is C15H20N4O. The normalized spacial score (nSPS) is 10.6. The largest absolute Gasteiger partial charge is 0.385 e. The van der Waals surface area contributed by atoms with E-state index >= 15 is 0 Å². The molecule has 0 atom stereocenters. The molecule has 2 N–H and O–H groups in total. The fourth-order valence-electron chi connectivity index (χ4n) is 1.91. The van der Waals surface area contributed by atoms with Gasteiger partial charge in [0.2, 0.25) is 0 Å². The number of hydrogen-bond donors (Lipinski definition) is 2. The molecule has 1 heterocycles. The lowest BCUT2D eigenvalue weighted by molar-refractivity contribution is 0.102. The van der Waals surface area contributed by atoms with E-state index in [1.165, 1.54) is 0 Å². The van der Waals surface area contributed by atoms with Gasteiger partial charge in [-0.2, -0.15) is 5.10 Å². The molecule has 0 unspecified atom stereocenters. The van der Waals surface area contributed by atoms with Gasteiger partial charge in [0, 0.05) is 24.5 Å². The van der Waals surface area contributed by atoms with Crippen LogP contribution >= 0.6 is 0 Å². The molecule has 2 aromatic rings. The molecule has 0 bridgehead atoms. The highest BCUT2D eigenvalue weighted by atomic mass is 16.1. The van der Waals surface area contributed by atoms with Crippen LogP contribution in [0.1, 0.15) is 37.2 Å². The average Bonchev–Trinajstić information content (AvgIpc) is 2.88. The zero-order chi connectivity index (χ0) is 14.5. The molecule has 0 radical (unpaired) electrons. The summed E-state index contributed by atoms with van der Waals surface area (Å²) in [5.41, 5.74) is 2.17. The summed E-state index contributed by atoms with van der Waals surface area (Å²) < 4.78 is 1.81. The summed E-state index contributed by atoms with van der Waals surface area (Å²) in [7, 11) is 0. The quantitative estimate of drug-likeness (QED) is 0.879. The van der Waals surface area contributed by atoms with E-state index in [0.29, 0.717) is 11.3 Å². The first kappa shape index (κ1) is 14.1. The second-order valence-corrected chi connectivity index (χ2v) is 4.83. The van der Waals surface area contributed by atoms with Gasteiger partial charge < -0.3 is 10.6 Å². The molecular weight excluding hydrogens is 252 g/mol. The molecule has 20 heavy (non-hydrogen) atoms. The third kappa shape index (κ3) is 3.17. The van der Waals surface area contributed by atoms with E-state index in [1.54, 1.807) is 12.3 Å². The van der Waals surface area contributed by atoms with Gasteiger partial charge in [-0.1, -0.05) is 12.1 Å². The average molecular weight is 272 g/mol. The van der Waals surface area contributed by atoms with Gasteiger partial charge in [-0.05, 0) is 32.9 Å². The molecule has 0 saturated carbocycles. The number of carbonyl (C=O) groups is 1. The standard InChI is InChI=1S/C15H20N4O/c1-4-16-14-8-6-5-7-13(14)15(20)18-12-9-17-19(10-12)11(2)3/h5-11,16H,4H2,1-3H3,(H,18,20). The van der Waals surface area contributed by atoms with E-state index in [9.17, 15) is 4.79 Å². The second-order valence-electron chi connectivity index (χ2n) is 4.83. The van der Waals surface area contributed by atoms with Crippen molar-refractivity contribution in [3.63, 3.8) is 0 Å². The van der Waals surface area contributed by atoms with Crippen LogP contribution in [0.25, 0.3) is 0 Å². The van der Waals surface area contributed by atoms with Crippen molar-refractivity contribution in [2.24, 2.45) is 0 Å². The van der Waals surface area contributed by atoms with Gasteiger partial charge in [0.1, 0.15) is 0 Å². The van der Waals surface area contributed by atoms with Gasteiger partial charge in [-0.15, -0.1) is 0 Å². The molecule has 1 aromatic carbocycles. The molecule has 5 nitrogen and oxygen atoms in total. The van der Waals surface area contributed by atoms with Gasteiger partial charge in [-0.3, -0.25) is 9.48 Å². The first-order chi connectivity index (χ1) is 9.61. The Hall–Kier alpha value is -2.30. The van der Waals surface area contributed by atoms with Crippen molar-refractivity contribution in [2.45, 2.75) is 26.8 Å². The minimum atomic E-state index is -0.134. The molecule has 2 rings (SSSR count).